The first-order valence-corrected chi connectivity index (χ1v) is 13.0. The molecule has 2 radical (unpaired) electrons. The van der Waals surface area contributed by atoms with Crippen LogP contribution in [-0.2, 0) is 0 Å². The molecule has 1 aliphatic carbocycles. The van der Waals surface area contributed by atoms with Crippen LogP contribution in [0.25, 0.3) is 0 Å². The van der Waals surface area contributed by atoms with Gasteiger partial charge in [0.1, 0.15) is 0 Å². The Kier molecular flexibility index (Phi) is 5.95. The lowest BCUT2D eigenvalue weighted by Gasteiger charge is -2.43. The SMILES string of the molecule is CC(C[Si]C(C)(C)C)C1CCC(C)C([Si](C)(C)C)C1. The smallest absolute Gasteiger partial charge is 0.0476 e. The molecule has 0 heterocycles. The number of hydrogen-bond acceptors (Lipinski definition) is 0. The molecule has 0 spiro atoms. The largest absolute Gasteiger partial charge is 0.0693 e. The fraction of sp³-hybridized carbons (Fsp3) is 1.00. The fourth-order valence-corrected chi connectivity index (χ4v) is 7.86. The van der Waals surface area contributed by atoms with Gasteiger partial charge in [0.2, 0.25) is 0 Å². The van der Waals surface area contributed by atoms with Crippen LogP contribution in [0.1, 0.15) is 53.9 Å². The van der Waals surface area contributed by atoms with E-state index in [1.807, 2.05) is 0 Å². The molecule has 0 aromatic carbocycles. The van der Waals surface area contributed by atoms with E-state index < -0.39 is 8.07 Å². The lowest BCUT2D eigenvalue weighted by atomic mass is 9.77. The Morgan fingerprint density at radius 2 is 1.74 bits per heavy atom. The lowest BCUT2D eigenvalue weighted by molar-refractivity contribution is 0.230. The van der Waals surface area contributed by atoms with Gasteiger partial charge in [0.05, 0.1) is 0 Å². The third kappa shape index (κ3) is 5.75. The summed E-state index contributed by atoms with van der Waals surface area (Å²) in [6.07, 6.45) is 4.52. The van der Waals surface area contributed by atoms with Crippen LogP contribution in [0.15, 0.2) is 0 Å². The molecule has 1 fully saturated rings. The second kappa shape index (κ2) is 6.47. The normalized spacial score (nSPS) is 31.3. The summed E-state index contributed by atoms with van der Waals surface area (Å²) in [5, 5.41) is 0.536. The molecule has 4 unspecified atom stereocenters. The Labute approximate surface area is 126 Å². The number of hydrogen-bond donors (Lipinski definition) is 0. The molecule has 0 amide bonds. The van der Waals surface area contributed by atoms with Crippen LogP contribution in [-0.4, -0.2) is 17.6 Å². The predicted octanol–water partition coefficient (Wildman–Crippen LogP) is 6.11. The molecule has 1 saturated carbocycles. The third-order valence-electron chi connectivity index (χ3n) is 5.11. The highest BCUT2D eigenvalue weighted by molar-refractivity contribution is 6.77. The Hall–Kier alpha value is 0.434. The van der Waals surface area contributed by atoms with Crippen molar-refractivity contribution in [3.8, 4) is 0 Å². The van der Waals surface area contributed by atoms with Gasteiger partial charge in [0.15, 0.2) is 0 Å². The molecule has 1 aliphatic rings. The van der Waals surface area contributed by atoms with Crippen molar-refractivity contribution in [1.29, 1.82) is 0 Å². The standard InChI is InChI=1S/C17H36Si2/c1-13-9-10-15(11-16(13)19(6,7)8)14(2)12-18-17(3,4)5/h13-16H,9-12H2,1-8H3. The van der Waals surface area contributed by atoms with E-state index in [-0.39, 0.29) is 0 Å². The van der Waals surface area contributed by atoms with E-state index in [1.54, 1.807) is 0 Å². The Morgan fingerprint density at radius 3 is 2.21 bits per heavy atom. The summed E-state index contributed by atoms with van der Waals surface area (Å²) in [6.45, 7) is 20.0. The van der Waals surface area contributed by atoms with E-state index in [1.165, 1.54) is 25.3 Å². The summed E-state index contributed by atoms with van der Waals surface area (Å²) < 4.78 is 0. The van der Waals surface area contributed by atoms with Gasteiger partial charge in [-0.3, -0.25) is 0 Å². The van der Waals surface area contributed by atoms with Crippen molar-refractivity contribution in [1.82, 2.24) is 0 Å². The van der Waals surface area contributed by atoms with Gasteiger partial charge in [-0.05, 0) is 41.2 Å². The van der Waals surface area contributed by atoms with Crippen molar-refractivity contribution in [2.75, 3.05) is 0 Å². The molecule has 0 aromatic heterocycles. The first-order valence-electron chi connectivity index (χ1n) is 8.25. The second-order valence-corrected chi connectivity index (χ2v) is 16.9. The van der Waals surface area contributed by atoms with Crippen LogP contribution < -0.4 is 0 Å². The second-order valence-electron chi connectivity index (χ2n) is 9.13. The summed E-state index contributed by atoms with van der Waals surface area (Å²) in [5.74, 6) is 2.95. The molecule has 1 rings (SSSR count). The molecule has 2 heteroatoms. The van der Waals surface area contributed by atoms with Gasteiger partial charge in [0.25, 0.3) is 0 Å². The van der Waals surface area contributed by atoms with E-state index in [0.717, 1.165) is 32.8 Å². The molecular formula is C17H36Si2. The summed E-state index contributed by atoms with van der Waals surface area (Å²) in [4.78, 5) is 0. The molecule has 19 heavy (non-hydrogen) atoms. The van der Waals surface area contributed by atoms with Crippen LogP contribution >= 0.6 is 0 Å². The molecular weight excluding hydrogens is 260 g/mol. The van der Waals surface area contributed by atoms with Crippen molar-refractivity contribution < 1.29 is 0 Å². The van der Waals surface area contributed by atoms with Gasteiger partial charge in [0, 0.05) is 17.6 Å². The highest BCUT2D eigenvalue weighted by Gasteiger charge is 2.37. The molecule has 0 N–H and O–H groups in total. The van der Waals surface area contributed by atoms with Crippen molar-refractivity contribution in [2.45, 2.75) is 90.1 Å². The average Bonchev–Trinajstić information content (AvgIpc) is 2.24. The van der Waals surface area contributed by atoms with Crippen molar-refractivity contribution in [3.63, 3.8) is 0 Å². The van der Waals surface area contributed by atoms with E-state index in [2.05, 4.69) is 54.3 Å². The molecule has 0 aromatic rings. The Morgan fingerprint density at radius 1 is 1.16 bits per heavy atom. The highest BCUT2D eigenvalue weighted by atomic mass is 28.3. The maximum atomic E-state index is 2.58. The monoisotopic (exact) mass is 296 g/mol. The van der Waals surface area contributed by atoms with Gasteiger partial charge in [-0.25, -0.2) is 0 Å². The summed E-state index contributed by atoms with van der Waals surface area (Å²) in [6, 6.07) is 1.46. The molecule has 112 valence electrons. The summed E-state index contributed by atoms with van der Waals surface area (Å²) >= 11 is 0. The van der Waals surface area contributed by atoms with E-state index in [4.69, 9.17) is 0 Å². The minimum absolute atomic E-state index is 0.536. The predicted molar refractivity (Wildman–Crippen MR) is 93.0 cm³/mol. The lowest BCUT2D eigenvalue weighted by Crippen LogP contribution is -2.38. The first kappa shape index (κ1) is 17.5. The molecule has 0 saturated heterocycles. The van der Waals surface area contributed by atoms with Gasteiger partial charge >= 0.3 is 0 Å². The van der Waals surface area contributed by atoms with Crippen molar-refractivity contribution in [2.24, 2.45) is 17.8 Å². The van der Waals surface area contributed by atoms with Gasteiger partial charge in [-0.2, -0.15) is 0 Å². The zero-order valence-electron chi connectivity index (χ0n) is 14.6. The van der Waals surface area contributed by atoms with Crippen LogP contribution in [0.3, 0.4) is 0 Å². The molecule has 0 aliphatic heterocycles. The van der Waals surface area contributed by atoms with Crippen LogP contribution in [0, 0.1) is 17.8 Å². The van der Waals surface area contributed by atoms with Crippen molar-refractivity contribution >= 4 is 17.6 Å². The van der Waals surface area contributed by atoms with Crippen LogP contribution in [0.5, 0.6) is 0 Å². The fourth-order valence-electron chi connectivity index (χ4n) is 3.71. The third-order valence-corrected chi connectivity index (χ3v) is 10.0. The zero-order chi connectivity index (χ0) is 14.8. The topological polar surface area (TPSA) is 0 Å². The van der Waals surface area contributed by atoms with E-state index in [0.29, 0.717) is 5.04 Å². The van der Waals surface area contributed by atoms with Gasteiger partial charge in [-0.1, -0.05) is 66.7 Å². The average molecular weight is 297 g/mol. The van der Waals surface area contributed by atoms with Crippen LogP contribution in [0.2, 0.25) is 36.3 Å². The summed E-state index contributed by atoms with van der Waals surface area (Å²) in [5.41, 5.74) is 1.06. The Bertz CT molecular complexity index is 272. The number of rotatable bonds is 4. The quantitative estimate of drug-likeness (QED) is 0.549. The van der Waals surface area contributed by atoms with Crippen molar-refractivity contribution in [3.05, 3.63) is 0 Å². The zero-order valence-corrected chi connectivity index (χ0v) is 16.6. The maximum Gasteiger partial charge on any atom is 0.0476 e. The van der Waals surface area contributed by atoms with E-state index in [9.17, 15) is 0 Å². The van der Waals surface area contributed by atoms with Gasteiger partial charge < -0.3 is 0 Å². The molecule has 0 nitrogen and oxygen atoms in total. The summed E-state index contributed by atoms with van der Waals surface area (Å²) in [7, 11) is 0.166. The maximum absolute atomic E-state index is 2.58. The van der Waals surface area contributed by atoms with E-state index >= 15 is 0 Å². The minimum atomic E-state index is -0.964. The van der Waals surface area contributed by atoms with Gasteiger partial charge in [-0.15, -0.1) is 0 Å². The molecule has 4 atom stereocenters. The Balaban J connectivity index is 2.55. The van der Waals surface area contributed by atoms with Crippen LogP contribution in [0.4, 0.5) is 0 Å². The minimum Gasteiger partial charge on any atom is -0.0693 e. The molecule has 0 bridgehead atoms. The first-order chi connectivity index (χ1) is 8.50. The highest BCUT2D eigenvalue weighted by Crippen LogP contribution is 2.46.